The van der Waals surface area contributed by atoms with Crippen molar-refractivity contribution in [2.75, 3.05) is 11.2 Å². The lowest BCUT2D eigenvalue weighted by Gasteiger charge is -2.22. The van der Waals surface area contributed by atoms with Gasteiger partial charge in [0.25, 0.3) is 5.91 Å². The highest BCUT2D eigenvalue weighted by molar-refractivity contribution is 8.14. The molecular formula is C25H23ClN6O3S. The quantitative estimate of drug-likeness (QED) is 0.378. The van der Waals surface area contributed by atoms with Gasteiger partial charge in [0, 0.05) is 29.9 Å². The molecule has 1 aliphatic heterocycles. The average molecular weight is 523 g/mol. The number of halogens is 1. The molecule has 2 aromatic heterocycles. The molecule has 36 heavy (non-hydrogen) atoms. The number of thioether (sulfide) groups is 1. The molecule has 1 unspecified atom stereocenters. The lowest BCUT2D eigenvalue weighted by molar-refractivity contribution is -0.112. The summed E-state index contributed by atoms with van der Waals surface area (Å²) in [4.78, 5) is 45.5. The van der Waals surface area contributed by atoms with Crippen LogP contribution in [0.4, 0.5) is 10.6 Å². The van der Waals surface area contributed by atoms with Crippen LogP contribution in [0.25, 0.3) is 0 Å². The van der Waals surface area contributed by atoms with Crippen LogP contribution >= 0.6 is 23.4 Å². The first-order valence-electron chi connectivity index (χ1n) is 11.5. The van der Waals surface area contributed by atoms with E-state index in [1.165, 1.54) is 29.6 Å². The Morgan fingerprint density at radius 2 is 1.83 bits per heavy atom. The normalized spacial score (nSPS) is 18.4. The van der Waals surface area contributed by atoms with E-state index < -0.39 is 18.0 Å². The molecule has 0 bridgehead atoms. The fourth-order valence-corrected chi connectivity index (χ4v) is 5.51. The number of hydrazine groups is 1. The number of urea groups is 1. The van der Waals surface area contributed by atoms with Crippen molar-refractivity contribution >= 4 is 46.2 Å². The first kappa shape index (κ1) is 24.1. The molecule has 5 rings (SSSR count). The molecule has 1 saturated heterocycles. The number of pyridine rings is 2. The van der Waals surface area contributed by atoms with Crippen molar-refractivity contribution in [1.29, 1.82) is 0 Å². The van der Waals surface area contributed by atoms with Crippen LogP contribution in [0.1, 0.15) is 45.1 Å². The van der Waals surface area contributed by atoms with E-state index >= 15 is 0 Å². The zero-order chi connectivity index (χ0) is 25.1. The summed E-state index contributed by atoms with van der Waals surface area (Å²) in [5, 5.41) is 5.80. The predicted molar refractivity (Wildman–Crippen MR) is 138 cm³/mol. The van der Waals surface area contributed by atoms with Crippen LogP contribution in [0.5, 0.6) is 0 Å². The van der Waals surface area contributed by atoms with Crippen LogP contribution in [-0.2, 0) is 17.6 Å². The molecule has 3 heterocycles. The Morgan fingerprint density at radius 3 is 2.61 bits per heavy atom. The number of carbonyl (C=O) groups is 3. The number of carbonyl (C=O) groups excluding carboxylic acids is 3. The third-order valence-corrected chi connectivity index (χ3v) is 7.50. The van der Waals surface area contributed by atoms with Gasteiger partial charge in [0.15, 0.2) is 5.82 Å². The number of aryl methyl sites for hydroxylation is 2. The average Bonchev–Trinajstić information content (AvgIpc) is 3.22. The molecule has 9 nitrogen and oxygen atoms in total. The maximum absolute atomic E-state index is 12.9. The van der Waals surface area contributed by atoms with E-state index in [1.807, 2.05) is 24.3 Å². The number of benzene rings is 1. The van der Waals surface area contributed by atoms with Crippen LogP contribution in [-0.4, -0.2) is 38.8 Å². The van der Waals surface area contributed by atoms with E-state index in [1.54, 1.807) is 12.4 Å². The molecule has 0 spiro atoms. The van der Waals surface area contributed by atoms with Gasteiger partial charge in [0.1, 0.15) is 0 Å². The van der Waals surface area contributed by atoms with E-state index in [9.17, 15) is 14.4 Å². The van der Waals surface area contributed by atoms with Gasteiger partial charge < -0.3 is 10.6 Å². The number of hydrogen-bond acceptors (Lipinski definition) is 7. The highest BCUT2D eigenvalue weighted by atomic mass is 35.5. The Hall–Kier alpha value is -3.63. The number of aromatic nitrogens is 2. The first-order valence-corrected chi connectivity index (χ1v) is 12.8. The lowest BCUT2D eigenvalue weighted by atomic mass is 9.96. The number of nitrogens with zero attached hydrogens (tertiary/aromatic N) is 2. The molecule has 2 atom stereocenters. The largest absolute Gasteiger partial charge is 0.341 e. The highest BCUT2D eigenvalue weighted by Crippen LogP contribution is 2.32. The minimum atomic E-state index is -0.501. The second-order valence-corrected chi connectivity index (χ2v) is 9.97. The van der Waals surface area contributed by atoms with Gasteiger partial charge in [-0.05, 0) is 48.1 Å². The molecule has 1 fully saturated rings. The van der Waals surface area contributed by atoms with Gasteiger partial charge in [-0.2, -0.15) is 0 Å². The minimum absolute atomic E-state index is 0.0504. The second kappa shape index (κ2) is 10.5. The van der Waals surface area contributed by atoms with Crippen LogP contribution in [0, 0.1) is 0 Å². The molecule has 2 aliphatic rings. The van der Waals surface area contributed by atoms with E-state index in [4.69, 9.17) is 11.6 Å². The molecule has 3 amide bonds. The molecule has 184 valence electrons. The number of nitrogens with one attached hydrogen (secondary N) is 4. The summed E-state index contributed by atoms with van der Waals surface area (Å²) in [6.45, 7) is 0. The summed E-state index contributed by atoms with van der Waals surface area (Å²) in [6.07, 6.45) is 7.21. The van der Waals surface area contributed by atoms with Crippen molar-refractivity contribution in [3.63, 3.8) is 0 Å². The molecular weight excluding hydrogens is 500 g/mol. The van der Waals surface area contributed by atoms with E-state index in [2.05, 4.69) is 37.5 Å². The monoisotopic (exact) mass is 522 g/mol. The molecule has 4 N–H and O–H groups in total. The Morgan fingerprint density at radius 1 is 1.03 bits per heavy atom. The van der Waals surface area contributed by atoms with Gasteiger partial charge >= 0.3 is 6.03 Å². The van der Waals surface area contributed by atoms with Crippen molar-refractivity contribution < 1.29 is 14.4 Å². The van der Waals surface area contributed by atoms with Gasteiger partial charge in [0.05, 0.1) is 22.7 Å². The lowest BCUT2D eigenvalue weighted by Crippen LogP contribution is -2.41. The number of hydrogen-bond donors (Lipinski definition) is 4. The SMILES string of the molecule is O=C(NNc1ncc(C(=O)N[C@@H]2CCSC2=O)cc1Cl)NC1c2ccccc2CCc2ccncc21. The zero-order valence-electron chi connectivity index (χ0n) is 19.1. The maximum Gasteiger partial charge on any atom is 0.334 e. The van der Waals surface area contributed by atoms with Crippen molar-refractivity contribution in [3.05, 3.63) is 87.8 Å². The fraction of sp³-hybridized carbons (Fsp3) is 0.240. The summed E-state index contributed by atoms with van der Waals surface area (Å²) < 4.78 is 0. The maximum atomic E-state index is 12.9. The molecule has 0 saturated carbocycles. The summed E-state index contributed by atoms with van der Waals surface area (Å²) >= 11 is 7.50. The van der Waals surface area contributed by atoms with Crippen molar-refractivity contribution in [2.24, 2.45) is 0 Å². The third kappa shape index (κ3) is 5.14. The van der Waals surface area contributed by atoms with Crippen LogP contribution in [0.2, 0.25) is 5.02 Å². The number of rotatable bonds is 5. The zero-order valence-corrected chi connectivity index (χ0v) is 20.7. The van der Waals surface area contributed by atoms with Gasteiger partial charge in [-0.1, -0.05) is 47.6 Å². The number of anilines is 1. The van der Waals surface area contributed by atoms with Crippen molar-refractivity contribution in [3.8, 4) is 0 Å². The van der Waals surface area contributed by atoms with Crippen molar-refractivity contribution in [2.45, 2.75) is 31.3 Å². The Kier molecular flexibility index (Phi) is 7.06. The molecule has 1 aliphatic carbocycles. The summed E-state index contributed by atoms with van der Waals surface area (Å²) in [5.74, 6) is 0.439. The van der Waals surface area contributed by atoms with Crippen molar-refractivity contribution in [1.82, 2.24) is 26.0 Å². The summed E-state index contributed by atoms with van der Waals surface area (Å²) in [7, 11) is 0. The topological polar surface area (TPSA) is 125 Å². The van der Waals surface area contributed by atoms with Gasteiger partial charge in [-0.15, -0.1) is 0 Å². The molecule has 1 aromatic carbocycles. The predicted octanol–water partition coefficient (Wildman–Crippen LogP) is 3.41. The fourth-order valence-electron chi connectivity index (χ4n) is 4.36. The van der Waals surface area contributed by atoms with Gasteiger partial charge in [-0.3, -0.25) is 25.4 Å². The van der Waals surface area contributed by atoms with E-state index in [-0.39, 0.29) is 27.6 Å². The first-order chi connectivity index (χ1) is 17.5. The Labute approximate surface area is 216 Å². The van der Waals surface area contributed by atoms with Gasteiger partial charge in [-0.25, -0.2) is 9.78 Å². The standard InChI is InChI=1S/C25H23ClN6O3S/c26-19-11-16(23(33)29-20-8-10-36-24(20)34)12-28-22(19)31-32-25(35)30-21-17-4-2-1-3-14(17)5-6-15-7-9-27-13-18(15)21/h1-4,7,9,11-13,20-21H,5-6,8,10H2,(H,28,31)(H,29,33)(H2,30,32,35)/t20-,21?/m1/s1. The highest BCUT2D eigenvalue weighted by Gasteiger charge is 2.28. The second-order valence-electron chi connectivity index (χ2n) is 8.47. The molecule has 11 heteroatoms. The third-order valence-electron chi connectivity index (χ3n) is 6.20. The Balaban J connectivity index is 1.25. The Bertz CT molecular complexity index is 1290. The minimum Gasteiger partial charge on any atom is -0.341 e. The molecule has 0 radical (unpaired) electrons. The molecule has 3 aromatic rings. The number of fused-ring (bicyclic) bond motifs is 2. The van der Waals surface area contributed by atoms with E-state index in [0.29, 0.717) is 12.2 Å². The number of amides is 3. The van der Waals surface area contributed by atoms with Crippen LogP contribution in [0.15, 0.2) is 55.0 Å². The van der Waals surface area contributed by atoms with E-state index in [0.717, 1.165) is 29.5 Å². The summed E-state index contributed by atoms with van der Waals surface area (Å²) in [5.41, 5.74) is 9.76. The summed E-state index contributed by atoms with van der Waals surface area (Å²) in [6, 6.07) is 10.1. The van der Waals surface area contributed by atoms with Gasteiger partial charge in [0.2, 0.25) is 5.12 Å². The smallest absolute Gasteiger partial charge is 0.334 e. The van der Waals surface area contributed by atoms with Crippen LogP contribution in [0.3, 0.4) is 0 Å². The van der Waals surface area contributed by atoms with Crippen LogP contribution < -0.4 is 21.5 Å².